The number of piperidine rings is 1. The standard InChI is InChI=1S/C19H23N5O2/c1-12-20-17(9-19(25)21-12)13-4-3-7-24(10-13)11-18-15-8-14(26-2)5-6-16(15)22-23-18/h5-6,8-9,13H,3-4,7,10-11H2,1-2H3,(H,22,23)(H,20,21,25)/t13-/m0/s1. The van der Waals surface area contributed by atoms with Gasteiger partial charge in [0.15, 0.2) is 0 Å². The molecule has 3 aromatic rings. The van der Waals surface area contributed by atoms with E-state index in [4.69, 9.17) is 4.74 Å². The summed E-state index contributed by atoms with van der Waals surface area (Å²) in [6.07, 6.45) is 2.15. The van der Waals surface area contributed by atoms with Gasteiger partial charge in [-0.25, -0.2) is 4.98 Å². The number of H-pyrrole nitrogens is 2. The first kappa shape index (κ1) is 16.8. The Morgan fingerprint density at radius 3 is 3.04 bits per heavy atom. The molecular formula is C19H23N5O2. The van der Waals surface area contributed by atoms with Gasteiger partial charge >= 0.3 is 0 Å². The smallest absolute Gasteiger partial charge is 0.251 e. The quantitative estimate of drug-likeness (QED) is 0.752. The van der Waals surface area contributed by atoms with Crippen molar-refractivity contribution in [1.82, 2.24) is 25.1 Å². The van der Waals surface area contributed by atoms with E-state index in [1.54, 1.807) is 13.2 Å². The molecule has 0 spiro atoms. The number of benzene rings is 1. The molecule has 26 heavy (non-hydrogen) atoms. The fourth-order valence-electron chi connectivity index (χ4n) is 3.77. The van der Waals surface area contributed by atoms with E-state index in [9.17, 15) is 4.79 Å². The molecule has 0 saturated carbocycles. The van der Waals surface area contributed by atoms with Crippen molar-refractivity contribution in [1.29, 1.82) is 0 Å². The lowest BCUT2D eigenvalue weighted by molar-refractivity contribution is 0.197. The Labute approximate surface area is 151 Å². The van der Waals surface area contributed by atoms with E-state index in [0.717, 1.165) is 60.5 Å². The molecule has 0 radical (unpaired) electrons. The summed E-state index contributed by atoms with van der Waals surface area (Å²) in [5.74, 6) is 1.80. The fraction of sp³-hybridized carbons (Fsp3) is 0.421. The normalized spacial score (nSPS) is 18.3. The predicted molar refractivity (Wildman–Crippen MR) is 99.5 cm³/mol. The largest absolute Gasteiger partial charge is 0.497 e. The SMILES string of the molecule is COc1ccc2n[nH]c(CN3CCC[C@H](c4cc(=O)[nH]c(C)n4)C3)c2c1. The summed E-state index contributed by atoms with van der Waals surface area (Å²) in [6.45, 7) is 4.54. The number of rotatable bonds is 4. The average molecular weight is 353 g/mol. The predicted octanol–water partition coefficient (Wildman–Crippen LogP) is 2.34. The van der Waals surface area contributed by atoms with Crippen LogP contribution in [0.3, 0.4) is 0 Å². The fourth-order valence-corrected chi connectivity index (χ4v) is 3.77. The van der Waals surface area contributed by atoms with Crippen LogP contribution in [0.2, 0.25) is 0 Å². The second kappa shape index (κ2) is 6.92. The van der Waals surface area contributed by atoms with Gasteiger partial charge in [-0.15, -0.1) is 0 Å². The van der Waals surface area contributed by atoms with E-state index in [-0.39, 0.29) is 11.5 Å². The average Bonchev–Trinajstić information content (AvgIpc) is 3.03. The number of ether oxygens (including phenoxy) is 1. The number of fused-ring (bicyclic) bond motifs is 1. The minimum absolute atomic E-state index is 0.0729. The number of aromatic amines is 2. The van der Waals surface area contributed by atoms with E-state index in [2.05, 4.69) is 25.1 Å². The van der Waals surface area contributed by atoms with Gasteiger partial charge in [-0.1, -0.05) is 0 Å². The Bertz CT molecular complexity index is 977. The summed E-state index contributed by atoms with van der Waals surface area (Å²) < 4.78 is 5.34. The van der Waals surface area contributed by atoms with Gasteiger partial charge in [0.1, 0.15) is 11.6 Å². The number of aryl methyl sites for hydroxylation is 1. The van der Waals surface area contributed by atoms with Gasteiger partial charge in [0.25, 0.3) is 5.56 Å². The molecule has 7 nitrogen and oxygen atoms in total. The Morgan fingerprint density at radius 2 is 2.23 bits per heavy atom. The van der Waals surface area contributed by atoms with Crippen molar-refractivity contribution >= 4 is 10.9 Å². The van der Waals surface area contributed by atoms with Gasteiger partial charge in [0.2, 0.25) is 0 Å². The Morgan fingerprint density at radius 1 is 1.35 bits per heavy atom. The summed E-state index contributed by atoms with van der Waals surface area (Å²) in [4.78, 5) is 21.4. The monoisotopic (exact) mass is 353 g/mol. The Kier molecular flexibility index (Phi) is 4.46. The molecule has 4 rings (SSSR count). The number of nitrogens with zero attached hydrogens (tertiary/aromatic N) is 3. The van der Waals surface area contributed by atoms with Crippen molar-refractivity contribution in [3.63, 3.8) is 0 Å². The molecule has 2 aromatic heterocycles. The zero-order chi connectivity index (χ0) is 18.1. The highest BCUT2D eigenvalue weighted by Gasteiger charge is 2.24. The van der Waals surface area contributed by atoms with Crippen LogP contribution < -0.4 is 10.3 Å². The molecule has 1 aliphatic heterocycles. The number of hydrogen-bond donors (Lipinski definition) is 2. The first-order valence-electron chi connectivity index (χ1n) is 8.93. The molecule has 0 bridgehead atoms. The maximum absolute atomic E-state index is 11.8. The van der Waals surface area contributed by atoms with Crippen LogP contribution >= 0.6 is 0 Å². The third-order valence-corrected chi connectivity index (χ3v) is 5.03. The molecule has 1 atom stereocenters. The molecule has 1 aromatic carbocycles. The van der Waals surface area contributed by atoms with Crippen molar-refractivity contribution in [2.75, 3.05) is 20.2 Å². The Hall–Kier alpha value is -2.67. The van der Waals surface area contributed by atoms with Crippen LogP contribution in [0.15, 0.2) is 29.1 Å². The second-order valence-corrected chi connectivity index (χ2v) is 6.92. The zero-order valence-electron chi connectivity index (χ0n) is 15.1. The van der Waals surface area contributed by atoms with Gasteiger partial charge in [0.05, 0.1) is 24.0 Å². The Balaban J connectivity index is 1.54. The van der Waals surface area contributed by atoms with Gasteiger partial charge in [-0.3, -0.25) is 14.8 Å². The first-order valence-corrected chi connectivity index (χ1v) is 8.93. The maximum atomic E-state index is 11.8. The number of likely N-dealkylation sites (tertiary alicyclic amines) is 1. The van der Waals surface area contributed by atoms with Crippen LogP contribution in [0.5, 0.6) is 5.75 Å². The lowest BCUT2D eigenvalue weighted by atomic mass is 9.94. The van der Waals surface area contributed by atoms with Gasteiger partial charge in [-0.2, -0.15) is 5.10 Å². The van der Waals surface area contributed by atoms with E-state index in [1.165, 1.54) is 0 Å². The van der Waals surface area contributed by atoms with E-state index < -0.39 is 0 Å². The van der Waals surface area contributed by atoms with Crippen molar-refractivity contribution in [2.24, 2.45) is 0 Å². The van der Waals surface area contributed by atoms with Crippen LogP contribution in [0, 0.1) is 6.92 Å². The van der Waals surface area contributed by atoms with Crippen molar-refractivity contribution in [3.8, 4) is 5.75 Å². The third-order valence-electron chi connectivity index (χ3n) is 5.03. The molecule has 1 fully saturated rings. The van der Waals surface area contributed by atoms with E-state index in [1.807, 2.05) is 25.1 Å². The van der Waals surface area contributed by atoms with Crippen LogP contribution in [0.25, 0.3) is 10.9 Å². The highest BCUT2D eigenvalue weighted by Crippen LogP contribution is 2.28. The van der Waals surface area contributed by atoms with Gasteiger partial charge in [0, 0.05) is 30.5 Å². The molecule has 3 heterocycles. The molecular weight excluding hydrogens is 330 g/mol. The van der Waals surface area contributed by atoms with E-state index >= 15 is 0 Å². The summed E-state index contributed by atoms with van der Waals surface area (Å²) in [7, 11) is 1.67. The number of hydrogen-bond acceptors (Lipinski definition) is 5. The lowest BCUT2D eigenvalue weighted by Crippen LogP contribution is -2.34. The third kappa shape index (κ3) is 3.35. The lowest BCUT2D eigenvalue weighted by Gasteiger charge is -2.32. The summed E-state index contributed by atoms with van der Waals surface area (Å²) >= 11 is 0. The summed E-state index contributed by atoms with van der Waals surface area (Å²) in [5.41, 5.74) is 2.86. The molecule has 136 valence electrons. The minimum Gasteiger partial charge on any atom is -0.497 e. The highest BCUT2D eigenvalue weighted by molar-refractivity contribution is 5.82. The molecule has 1 saturated heterocycles. The molecule has 0 unspecified atom stereocenters. The van der Waals surface area contributed by atoms with Crippen LogP contribution in [0.1, 0.15) is 36.0 Å². The second-order valence-electron chi connectivity index (χ2n) is 6.92. The van der Waals surface area contributed by atoms with Crippen LogP contribution in [-0.4, -0.2) is 45.3 Å². The zero-order valence-corrected chi connectivity index (χ0v) is 15.1. The first-order chi connectivity index (χ1) is 12.6. The number of aromatic nitrogens is 4. The maximum Gasteiger partial charge on any atom is 0.251 e. The summed E-state index contributed by atoms with van der Waals surface area (Å²) in [6, 6.07) is 7.55. The number of methoxy groups -OCH3 is 1. The van der Waals surface area contributed by atoms with Crippen LogP contribution in [-0.2, 0) is 6.54 Å². The van der Waals surface area contributed by atoms with E-state index in [0.29, 0.717) is 5.82 Å². The molecule has 0 aliphatic carbocycles. The van der Waals surface area contributed by atoms with Crippen molar-refractivity contribution in [3.05, 3.63) is 51.8 Å². The van der Waals surface area contributed by atoms with Crippen molar-refractivity contribution < 1.29 is 4.74 Å². The van der Waals surface area contributed by atoms with Gasteiger partial charge < -0.3 is 9.72 Å². The van der Waals surface area contributed by atoms with Crippen LogP contribution in [0.4, 0.5) is 0 Å². The molecule has 2 N–H and O–H groups in total. The summed E-state index contributed by atoms with van der Waals surface area (Å²) in [5, 5.41) is 8.66. The molecule has 7 heteroatoms. The molecule has 1 aliphatic rings. The van der Waals surface area contributed by atoms with Gasteiger partial charge in [-0.05, 0) is 44.5 Å². The van der Waals surface area contributed by atoms with Crippen molar-refractivity contribution in [2.45, 2.75) is 32.2 Å². The highest BCUT2D eigenvalue weighted by atomic mass is 16.5. The topological polar surface area (TPSA) is 86.9 Å². The number of nitrogens with one attached hydrogen (secondary N) is 2. The molecule has 0 amide bonds. The minimum atomic E-state index is -0.0729.